The second kappa shape index (κ2) is 3.88. The van der Waals surface area contributed by atoms with Crippen LogP contribution in [0.25, 0.3) is 0 Å². The Morgan fingerprint density at radius 1 is 1.31 bits per heavy atom. The first-order chi connectivity index (χ1) is 5.99. The van der Waals surface area contributed by atoms with Crippen molar-refractivity contribution in [2.75, 3.05) is 0 Å². The van der Waals surface area contributed by atoms with Gasteiger partial charge in [0.2, 0.25) is 0 Å². The Morgan fingerprint density at radius 3 is 2.46 bits per heavy atom. The summed E-state index contributed by atoms with van der Waals surface area (Å²) in [5.74, 6) is 0. The monoisotopic (exact) mass is 178 g/mol. The van der Waals surface area contributed by atoms with Gasteiger partial charge in [0.25, 0.3) is 0 Å². The molecule has 0 amide bonds. The lowest BCUT2D eigenvalue weighted by Crippen LogP contribution is -2.37. The third kappa shape index (κ3) is 3.55. The van der Waals surface area contributed by atoms with Crippen LogP contribution in [-0.2, 0) is 0 Å². The van der Waals surface area contributed by atoms with Crippen LogP contribution in [0.4, 0.5) is 0 Å². The number of pyridine rings is 1. The molecule has 1 aromatic heterocycles. The summed E-state index contributed by atoms with van der Waals surface area (Å²) >= 11 is 0. The maximum absolute atomic E-state index is 4.30. The van der Waals surface area contributed by atoms with Gasteiger partial charge in [-0.15, -0.1) is 0 Å². The minimum Gasteiger partial charge on any atom is -0.304 e. The summed E-state index contributed by atoms with van der Waals surface area (Å²) in [4.78, 5) is 4.30. The summed E-state index contributed by atoms with van der Waals surface area (Å²) in [5.41, 5.74) is 1.23. The van der Waals surface area contributed by atoms with Crippen molar-refractivity contribution in [1.82, 2.24) is 10.3 Å². The molecular formula is C11H18N2. The van der Waals surface area contributed by atoms with Gasteiger partial charge in [-0.2, -0.15) is 0 Å². The third-order valence-corrected chi connectivity index (χ3v) is 1.78. The average Bonchev–Trinajstić information content (AvgIpc) is 2.03. The van der Waals surface area contributed by atoms with Crippen LogP contribution in [0.15, 0.2) is 24.4 Å². The highest BCUT2D eigenvalue weighted by molar-refractivity contribution is 5.08. The van der Waals surface area contributed by atoms with E-state index in [1.165, 1.54) is 0 Å². The fraction of sp³-hybridized carbons (Fsp3) is 0.545. The first-order valence-corrected chi connectivity index (χ1v) is 4.68. The summed E-state index contributed by atoms with van der Waals surface area (Å²) in [5, 5.41) is 3.47. The first-order valence-electron chi connectivity index (χ1n) is 4.68. The third-order valence-electron chi connectivity index (χ3n) is 1.78. The molecule has 0 aliphatic carbocycles. The maximum Gasteiger partial charge on any atom is 0.0570 e. The Hall–Kier alpha value is -0.890. The highest BCUT2D eigenvalue weighted by Crippen LogP contribution is 2.12. The maximum atomic E-state index is 4.30. The Labute approximate surface area is 80.4 Å². The van der Waals surface area contributed by atoms with Gasteiger partial charge in [-0.05, 0) is 39.8 Å². The Kier molecular flexibility index (Phi) is 3.04. The smallest absolute Gasteiger partial charge is 0.0570 e. The topological polar surface area (TPSA) is 24.9 Å². The molecule has 13 heavy (non-hydrogen) atoms. The van der Waals surface area contributed by atoms with Gasteiger partial charge >= 0.3 is 0 Å². The van der Waals surface area contributed by atoms with E-state index < -0.39 is 0 Å². The molecule has 0 saturated carbocycles. The van der Waals surface area contributed by atoms with Gasteiger partial charge in [-0.25, -0.2) is 0 Å². The molecule has 1 unspecified atom stereocenters. The summed E-state index contributed by atoms with van der Waals surface area (Å²) in [6.45, 7) is 8.61. The minimum absolute atomic E-state index is 0.136. The lowest BCUT2D eigenvalue weighted by Gasteiger charge is -2.25. The minimum atomic E-state index is 0.136. The second-order valence-corrected chi connectivity index (χ2v) is 4.37. The van der Waals surface area contributed by atoms with E-state index in [1.54, 1.807) is 0 Å². The second-order valence-electron chi connectivity index (χ2n) is 4.37. The fourth-order valence-corrected chi connectivity index (χ4v) is 1.36. The van der Waals surface area contributed by atoms with Crippen molar-refractivity contribution in [2.45, 2.75) is 39.3 Å². The molecule has 1 rings (SSSR count). The van der Waals surface area contributed by atoms with E-state index in [0.717, 1.165) is 5.69 Å². The van der Waals surface area contributed by atoms with E-state index in [2.05, 4.69) is 38.0 Å². The van der Waals surface area contributed by atoms with Crippen LogP contribution in [0.3, 0.4) is 0 Å². The van der Waals surface area contributed by atoms with E-state index >= 15 is 0 Å². The molecular weight excluding hydrogens is 160 g/mol. The van der Waals surface area contributed by atoms with Crippen molar-refractivity contribution in [3.05, 3.63) is 30.1 Å². The van der Waals surface area contributed by atoms with E-state index in [-0.39, 0.29) is 5.54 Å². The molecule has 0 aliphatic rings. The van der Waals surface area contributed by atoms with Crippen molar-refractivity contribution in [1.29, 1.82) is 0 Å². The summed E-state index contributed by atoms with van der Waals surface area (Å²) in [6.07, 6.45) is 1.83. The zero-order valence-electron chi connectivity index (χ0n) is 8.83. The van der Waals surface area contributed by atoms with E-state index in [1.807, 2.05) is 24.4 Å². The molecule has 0 aliphatic heterocycles. The number of nitrogens with zero attached hydrogens (tertiary/aromatic N) is 1. The number of hydrogen-bond donors (Lipinski definition) is 1. The number of rotatable bonds is 2. The zero-order chi connectivity index (χ0) is 9.90. The molecule has 0 radical (unpaired) electrons. The number of hydrogen-bond acceptors (Lipinski definition) is 2. The molecule has 2 heteroatoms. The lowest BCUT2D eigenvalue weighted by atomic mass is 10.1. The quantitative estimate of drug-likeness (QED) is 0.752. The van der Waals surface area contributed by atoms with Crippen LogP contribution in [0.1, 0.15) is 39.4 Å². The Balaban J connectivity index is 2.64. The highest BCUT2D eigenvalue weighted by atomic mass is 15.0. The van der Waals surface area contributed by atoms with Crippen LogP contribution in [0, 0.1) is 0 Å². The first kappa shape index (κ1) is 10.2. The van der Waals surface area contributed by atoms with Crippen LogP contribution < -0.4 is 5.32 Å². The molecule has 1 atom stereocenters. The van der Waals surface area contributed by atoms with Crippen molar-refractivity contribution < 1.29 is 0 Å². The molecule has 0 spiro atoms. The SMILES string of the molecule is CC(NC(C)(C)C)c1ccccn1. The number of aromatic nitrogens is 1. The molecule has 72 valence electrons. The summed E-state index contributed by atoms with van der Waals surface area (Å²) < 4.78 is 0. The standard InChI is InChI=1S/C11H18N2/c1-9(13-11(2,3)4)10-7-5-6-8-12-10/h5-9,13H,1-4H3. The molecule has 0 aromatic carbocycles. The van der Waals surface area contributed by atoms with Crippen molar-refractivity contribution in [2.24, 2.45) is 0 Å². The molecule has 1 heterocycles. The van der Waals surface area contributed by atoms with Crippen LogP contribution in [0.5, 0.6) is 0 Å². The highest BCUT2D eigenvalue weighted by Gasteiger charge is 2.14. The molecule has 0 saturated heterocycles. The normalized spacial score (nSPS) is 14.2. The predicted octanol–water partition coefficient (Wildman–Crippen LogP) is 2.53. The molecule has 1 aromatic rings. The molecule has 0 bridgehead atoms. The van der Waals surface area contributed by atoms with Gasteiger partial charge in [-0.1, -0.05) is 6.07 Å². The fourth-order valence-electron chi connectivity index (χ4n) is 1.36. The molecule has 2 nitrogen and oxygen atoms in total. The van der Waals surface area contributed by atoms with Gasteiger partial charge in [0.15, 0.2) is 0 Å². The lowest BCUT2D eigenvalue weighted by molar-refractivity contribution is 0.374. The van der Waals surface area contributed by atoms with E-state index in [0.29, 0.717) is 6.04 Å². The van der Waals surface area contributed by atoms with Crippen molar-refractivity contribution >= 4 is 0 Å². The molecule has 0 fully saturated rings. The van der Waals surface area contributed by atoms with Crippen LogP contribution in [0.2, 0.25) is 0 Å². The van der Waals surface area contributed by atoms with Gasteiger partial charge in [-0.3, -0.25) is 4.98 Å². The summed E-state index contributed by atoms with van der Waals surface area (Å²) in [7, 11) is 0. The van der Waals surface area contributed by atoms with Crippen LogP contribution >= 0.6 is 0 Å². The van der Waals surface area contributed by atoms with E-state index in [9.17, 15) is 0 Å². The predicted molar refractivity (Wildman–Crippen MR) is 55.5 cm³/mol. The van der Waals surface area contributed by atoms with Gasteiger partial charge in [0, 0.05) is 17.8 Å². The van der Waals surface area contributed by atoms with Crippen molar-refractivity contribution in [3.63, 3.8) is 0 Å². The number of nitrogens with one attached hydrogen (secondary N) is 1. The Bertz CT molecular complexity index is 249. The van der Waals surface area contributed by atoms with Gasteiger partial charge in [0.1, 0.15) is 0 Å². The van der Waals surface area contributed by atoms with Gasteiger partial charge < -0.3 is 5.32 Å². The average molecular weight is 178 g/mol. The van der Waals surface area contributed by atoms with Gasteiger partial charge in [0.05, 0.1) is 5.69 Å². The van der Waals surface area contributed by atoms with Crippen LogP contribution in [-0.4, -0.2) is 10.5 Å². The summed E-state index contributed by atoms with van der Waals surface area (Å²) in [6, 6.07) is 6.31. The van der Waals surface area contributed by atoms with Crippen molar-refractivity contribution in [3.8, 4) is 0 Å². The zero-order valence-corrected chi connectivity index (χ0v) is 8.83. The Morgan fingerprint density at radius 2 is 2.00 bits per heavy atom. The largest absolute Gasteiger partial charge is 0.304 e. The molecule has 1 N–H and O–H groups in total. The van der Waals surface area contributed by atoms with E-state index in [4.69, 9.17) is 0 Å².